The van der Waals surface area contributed by atoms with Gasteiger partial charge in [0.1, 0.15) is 5.82 Å². The number of piperazine rings is 1. The Kier molecular flexibility index (Phi) is 6.11. The van der Waals surface area contributed by atoms with Gasteiger partial charge in [-0.15, -0.1) is 0 Å². The number of rotatable bonds is 4. The van der Waals surface area contributed by atoms with Crippen molar-refractivity contribution in [1.29, 1.82) is 0 Å². The van der Waals surface area contributed by atoms with Gasteiger partial charge in [0.15, 0.2) is 0 Å². The van der Waals surface area contributed by atoms with Gasteiger partial charge < -0.3 is 14.9 Å². The van der Waals surface area contributed by atoms with Crippen molar-refractivity contribution in [1.82, 2.24) is 14.8 Å². The molecule has 1 N–H and O–H groups in total. The Bertz CT molecular complexity index is 870. The number of benzene rings is 1. The smallest absolute Gasteiger partial charge is 0.337 e. The van der Waals surface area contributed by atoms with Crippen molar-refractivity contribution >= 4 is 29.3 Å². The largest absolute Gasteiger partial charge is 0.478 e. The van der Waals surface area contributed by atoms with Crippen molar-refractivity contribution in [2.75, 3.05) is 38.1 Å². The first kappa shape index (κ1) is 20.0. The van der Waals surface area contributed by atoms with Crippen LogP contribution in [0.2, 0.25) is 5.02 Å². The summed E-state index contributed by atoms with van der Waals surface area (Å²) in [6.45, 7) is 2.77. The molecule has 2 heterocycles. The van der Waals surface area contributed by atoms with Crippen molar-refractivity contribution in [3.63, 3.8) is 0 Å². The van der Waals surface area contributed by atoms with Crippen LogP contribution in [0.25, 0.3) is 0 Å². The summed E-state index contributed by atoms with van der Waals surface area (Å²) < 4.78 is 13.6. The average molecular weight is 407 g/mol. The highest BCUT2D eigenvalue weighted by Gasteiger charge is 2.26. The number of halogens is 2. The van der Waals surface area contributed by atoms with E-state index in [1.54, 1.807) is 11.0 Å². The normalized spacial score (nSPS) is 14.8. The van der Waals surface area contributed by atoms with Crippen LogP contribution < -0.4 is 4.90 Å². The van der Waals surface area contributed by atoms with Gasteiger partial charge in [-0.1, -0.05) is 11.6 Å². The molecule has 3 rings (SSSR count). The molecule has 0 spiro atoms. The minimum atomic E-state index is -1.07. The Labute approximate surface area is 166 Å². The fourth-order valence-corrected chi connectivity index (χ4v) is 3.07. The van der Waals surface area contributed by atoms with E-state index in [9.17, 15) is 14.0 Å². The van der Waals surface area contributed by atoms with Gasteiger partial charge in [0.05, 0.1) is 22.8 Å². The minimum Gasteiger partial charge on any atom is -0.478 e. The maximum atomic E-state index is 13.6. The molecule has 1 aliphatic heterocycles. The number of amides is 2. The SMILES string of the molecule is CN1CCN(C(=O)N(Cc2ccc(C(=O)O)cn2)c2ccc(F)c(Cl)c2)CC1. The molecule has 0 radical (unpaired) electrons. The summed E-state index contributed by atoms with van der Waals surface area (Å²) in [5.41, 5.74) is 1.01. The van der Waals surface area contributed by atoms with Crippen LogP contribution in [0.5, 0.6) is 0 Å². The second-order valence-electron chi connectivity index (χ2n) is 6.60. The van der Waals surface area contributed by atoms with Crippen LogP contribution in [0.3, 0.4) is 0 Å². The Hall–Kier alpha value is -2.71. The van der Waals surface area contributed by atoms with Gasteiger partial charge in [-0.05, 0) is 37.4 Å². The van der Waals surface area contributed by atoms with Crippen LogP contribution in [0.15, 0.2) is 36.5 Å². The Morgan fingerprint density at radius 1 is 1.21 bits per heavy atom. The van der Waals surface area contributed by atoms with E-state index in [1.165, 1.54) is 35.4 Å². The molecule has 7 nitrogen and oxygen atoms in total. The number of aromatic carboxylic acids is 1. The number of carboxylic acid groups (broad SMARTS) is 1. The maximum Gasteiger partial charge on any atom is 0.337 e. The third kappa shape index (κ3) is 4.58. The number of carboxylic acids is 1. The van der Waals surface area contributed by atoms with Crippen molar-refractivity contribution in [3.8, 4) is 0 Å². The van der Waals surface area contributed by atoms with E-state index in [4.69, 9.17) is 16.7 Å². The predicted molar refractivity (Wildman–Crippen MR) is 103 cm³/mol. The Balaban J connectivity index is 1.88. The highest BCUT2D eigenvalue weighted by Crippen LogP contribution is 2.25. The number of urea groups is 1. The van der Waals surface area contributed by atoms with Crippen molar-refractivity contribution in [3.05, 3.63) is 58.6 Å². The van der Waals surface area contributed by atoms with Crippen LogP contribution in [0.1, 0.15) is 16.1 Å². The number of anilines is 1. The second kappa shape index (κ2) is 8.53. The fourth-order valence-electron chi connectivity index (χ4n) is 2.90. The molecule has 1 saturated heterocycles. The topological polar surface area (TPSA) is 77.0 Å². The zero-order valence-electron chi connectivity index (χ0n) is 15.3. The number of aromatic nitrogens is 1. The van der Waals surface area contributed by atoms with Gasteiger partial charge in [-0.25, -0.2) is 14.0 Å². The third-order valence-electron chi connectivity index (χ3n) is 4.61. The Morgan fingerprint density at radius 2 is 1.93 bits per heavy atom. The van der Waals surface area contributed by atoms with Crippen LogP contribution in [-0.2, 0) is 6.54 Å². The lowest BCUT2D eigenvalue weighted by molar-refractivity contribution is 0.0696. The molecule has 28 heavy (non-hydrogen) atoms. The molecular weight excluding hydrogens is 387 g/mol. The summed E-state index contributed by atoms with van der Waals surface area (Å²) in [5.74, 6) is -1.64. The lowest BCUT2D eigenvalue weighted by atomic mass is 10.2. The molecule has 2 aromatic rings. The van der Waals surface area contributed by atoms with Crippen LogP contribution in [-0.4, -0.2) is 65.1 Å². The number of pyridine rings is 1. The zero-order chi connectivity index (χ0) is 20.3. The quantitative estimate of drug-likeness (QED) is 0.844. The molecule has 9 heteroatoms. The number of nitrogens with zero attached hydrogens (tertiary/aromatic N) is 4. The Morgan fingerprint density at radius 3 is 2.50 bits per heavy atom. The van der Waals surface area contributed by atoms with Gasteiger partial charge in [-0.3, -0.25) is 9.88 Å². The zero-order valence-corrected chi connectivity index (χ0v) is 16.1. The van der Waals surface area contributed by atoms with Crippen LogP contribution in [0, 0.1) is 5.82 Å². The minimum absolute atomic E-state index is 0.0607. The molecule has 0 saturated carbocycles. The van der Waals surface area contributed by atoms with Gasteiger partial charge in [-0.2, -0.15) is 0 Å². The lowest BCUT2D eigenvalue weighted by Gasteiger charge is -2.36. The first-order valence-corrected chi connectivity index (χ1v) is 9.11. The number of hydrogen-bond acceptors (Lipinski definition) is 4. The highest BCUT2D eigenvalue weighted by atomic mass is 35.5. The van der Waals surface area contributed by atoms with E-state index in [2.05, 4.69) is 9.88 Å². The standard InChI is InChI=1S/C19H20ClFN4O3/c1-23-6-8-24(9-7-23)19(28)25(15-4-5-17(21)16(20)10-15)12-14-3-2-13(11-22-14)18(26)27/h2-5,10-11H,6-9,12H2,1H3,(H,26,27). The summed E-state index contributed by atoms with van der Waals surface area (Å²) in [7, 11) is 1.99. The van der Waals surface area contributed by atoms with Gasteiger partial charge in [0.2, 0.25) is 0 Å². The molecule has 1 aliphatic rings. The molecule has 2 amide bonds. The van der Waals surface area contributed by atoms with Crippen molar-refractivity contribution in [2.45, 2.75) is 6.54 Å². The first-order chi connectivity index (χ1) is 13.3. The van der Waals surface area contributed by atoms with Gasteiger partial charge >= 0.3 is 12.0 Å². The highest BCUT2D eigenvalue weighted by molar-refractivity contribution is 6.31. The second-order valence-corrected chi connectivity index (χ2v) is 7.01. The van der Waals surface area contributed by atoms with E-state index in [0.29, 0.717) is 24.5 Å². The molecule has 1 aromatic heterocycles. The molecule has 148 valence electrons. The first-order valence-electron chi connectivity index (χ1n) is 8.73. The van der Waals surface area contributed by atoms with Crippen LogP contribution >= 0.6 is 11.6 Å². The average Bonchev–Trinajstić information content (AvgIpc) is 2.69. The summed E-state index contributed by atoms with van der Waals surface area (Å²) in [5, 5.41) is 8.93. The molecule has 1 aromatic carbocycles. The number of carbonyl (C=O) groups is 2. The van der Waals surface area contributed by atoms with Crippen molar-refractivity contribution < 1.29 is 19.1 Å². The summed E-state index contributed by atoms with van der Waals surface area (Å²) in [6.07, 6.45) is 1.24. The van der Waals surface area contributed by atoms with E-state index in [-0.39, 0.29) is 23.2 Å². The molecule has 0 atom stereocenters. The van der Waals surface area contributed by atoms with E-state index >= 15 is 0 Å². The summed E-state index contributed by atoms with van der Waals surface area (Å²) >= 11 is 5.91. The van der Waals surface area contributed by atoms with Gasteiger partial charge in [0, 0.05) is 38.1 Å². The van der Waals surface area contributed by atoms with E-state index in [0.717, 1.165) is 13.1 Å². The number of carbonyl (C=O) groups excluding carboxylic acids is 1. The maximum absolute atomic E-state index is 13.6. The van der Waals surface area contributed by atoms with Crippen LogP contribution in [0.4, 0.5) is 14.9 Å². The molecule has 0 unspecified atom stereocenters. The summed E-state index contributed by atoms with van der Waals surface area (Å²) in [6, 6.07) is 6.85. The van der Waals surface area contributed by atoms with Crippen molar-refractivity contribution in [2.24, 2.45) is 0 Å². The molecule has 0 aliphatic carbocycles. The predicted octanol–water partition coefficient (Wildman–Crippen LogP) is 2.95. The van der Waals surface area contributed by atoms with Gasteiger partial charge in [0.25, 0.3) is 0 Å². The lowest BCUT2D eigenvalue weighted by Crippen LogP contribution is -2.52. The molecule has 0 bridgehead atoms. The number of hydrogen-bond donors (Lipinski definition) is 1. The fraction of sp³-hybridized carbons (Fsp3) is 0.316. The monoisotopic (exact) mass is 406 g/mol. The van der Waals surface area contributed by atoms with E-state index < -0.39 is 11.8 Å². The number of likely N-dealkylation sites (N-methyl/N-ethyl adjacent to an activating group) is 1. The summed E-state index contributed by atoms with van der Waals surface area (Å²) in [4.78, 5) is 33.6. The van der Waals surface area contributed by atoms with E-state index in [1.807, 2.05) is 7.05 Å². The molecule has 1 fully saturated rings. The third-order valence-corrected chi connectivity index (χ3v) is 4.90. The molecular formula is C19H20ClFN4O3.